The Hall–Kier alpha value is -1.23. The molecule has 0 amide bonds. The fourth-order valence-corrected chi connectivity index (χ4v) is 4.04. The zero-order valence-corrected chi connectivity index (χ0v) is 12.2. The first-order valence-corrected chi connectivity index (χ1v) is 7.93. The highest BCUT2D eigenvalue weighted by molar-refractivity contribution is 7.19. The summed E-state index contributed by atoms with van der Waals surface area (Å²) < 4.78 is 14.3. The largest absolute Gasteiger partial charge is 0.271 e. The number of benzene rings is 1. The maximum absolute atomic E-state index is 13.3. The molecular weight excluding hydrogens is 271 g/mol. The molecule has 0 aliphatic heterocycles. The van der Waals surface area contributed by atoms with E-state index in [1.54, 1.807) is 17.4 Å². The summed E-state index contributed by atoms with van der Waals surface area (Å²) in [5.41, 5.74) is 4.31. The molecule has 1 aromatic heterocycles. The smallest absolute Gasteiger partial charge is 0.124 e. The van der Waals surface area contributed by atoms with E-state index in [9.17, 15) is 4.39 Å². The van der Waals surface area contributed by atoms with E-state index in [0.717, 1.165) is 22.9 Å². The van der Waals surface area contributed by atoms with Gasteiger partial charge in [0, 0.05) is 9.58 Å². The summed E-state index contributed by atoms with van der Waals surface area (Å²) in [7, 11) is 0. The van der Waals surface area contributed by atoms with Crippen LogP contribution in [-0.4, -0.2) is 0 Å². The van der Waals surface area contributed by atoms with Crippen LogP contribution in [-0.2, 0) is 0 Å². The van der Waals surface area contributed by atoms with E-state index >= 15 is 0 Å². The van der Waals surface area contributed by atoms with Gasteiger partial charge in [-0.1, -0.05) is 24.1 Å². The van der Waals surface area contributed by atoms with Crippen molar-refractivity contribution in [3.8, 4) is 0 Å². The molecule has 3 rings (SSSR count). The summed E-state index contributed by atoms with van der Waals surface area (Å²) in [5, 5.41) is 1.08. The van der Waals surface area contributed by atoms with Gasteiger partial charge in [-0.3, -0.25) is 5.84 Å². The predicted octanol–water partition coefficient (Wildman–Crippen LogP) is 4.44. The van der Waals surface area contributed by atoms with Gasteiger partial charge in [0.25, 0.3) is 0 Å². The second kappa shape index (κ2) is 6.04. The van der Waals surface area contributed by atoms with Gasteiger partial charge < -0.3 is 0 Å². The van der Waals surface area contributed by atoms with Crippen molar-refractivity contribution in [3.63, 3.8) is 0 Å². The number of hydrazine groups is 1. The monoisotopic (exact) mass is 290 g/mol. The summed E-state index contributed by atoms with van der Waals surface area (Å²) in [4.78, 5) is 1.17. The molecule has 20 heavy (non-hydrogen) atoms. The van der Waals surface area contributed by atoms with Gasteiger partial charge >= 0.3 is 0 Å². The molecule has 1 aliphatic rings. The van der Waals surface area contributed by atoms with Crippen LogP contribution in [0.1, 0.15) is 43.0 Å². The molecule has 1 aromatic carbocycles. The Morgan fingerprint density at radius 3 is 2.95 bits per heavy atom. The molecular formula is C16H19FN2S. The van der Waals surface area contributed by atoms with Crippen molar-refractivity contribution in [1.82, 2.24) is 5.43 Å². The van der Waals surface area contributed by atoms with Crippen molar-refractivity contribution in [1.29, 1.82) is 0 Å². The molecule has 4 heteroatoms. The zero-order chi connectivity index (χ0) is 13.9. The van der Waals surface area contributed by atoms with Crippen LogP contribution in [0.25, 0.3) is 10.1 Å². The number of hydrogen-bond acceptors (Lipinski definition) is 3. The van der Waals surface area contributed by atoms with Crippen molar-refractivity contribution >= 4 is 21.4 Å². The lowest BCUT2D eigenvalue weighted by Gasteiger charge is -2.17. The van der Waals surface area contributed by atoms with E-state index in [-0.39, 0.29) is 11.9 Å². The van der Waals surface area contributed by atoms with Gasteiger partial charge in [0.05, 0.1) is 6.04 Å². The lowest BCUT2D eigenvalue weighted by Crippen LogP contribution is -2.28. The first-order chi connectivity index (χ1) is 9.78. The highest BCUT2D eigenvalue weighted by atomic mass is 32.1. The molecule has 1 atom stereocenters. The molecule has 0 spiro atoms. The average Bonchev–Trinajstić information content (AvgIpc) is 2.67. The van der Waals surface area contributed by atoms with Crippen molar-refractivity contribution in [3.05, 3.63) is 46.6 Å². The van der Waals surface area contributed by atoms with E-state index < -0.39 is 0 Å². The van der Waals surface area contributed by atoms with Crippen molar-refractivity contribution in [2.24, 2.45) is 5.84 Å². The number of allylic oxidation sites excluding steroid dienone is 1. The standard InChI is InChI=1S/C16H19FN2S/c17-13-8-7-12-9-15(20-14(12)10-13)16(19-18)11-5-3-1-2-4-6-11/h5,7-10,16,19H,1-4,6,18H2. The Labute approximate surface area is 122 Å². The van der Waals surface area contributed by atoms with Crippen molar-refractivity contribution in [2.45, 2.75) is 38.1 Å². The fraction of sp³-hybridized carbons (Fsp3) is 0.375. The Balaban J connectivity index is 1.95. The van der Waals surface area contributed by atoms with E-state index in [1.165, 1.54) is 35.8 Å². The summed E-state index contributed by atoms with van der Waals surface area (Å²) in [5.74, 6) is 5.60. The Morgan fingerprint density at radius 1 is 1.20 bits per heavy atom. The summed E-state index contributed by atoms with van der Waals surface area (Å²) in [6, 6.07) is 7.12. The fourth-order valence-electron chi connectivity index (χ4n) is 2.84. The molecule has 106 valence electrons. The van der Waals surface area contributed by atoms with Gasteiger partial charge in [-0.25, -0.2) is 9.82 Å². The summed E-state index contributed by atoms with van der Waals surface area (Å²) in [6.45, 7) is 0. The second-order valence-corrected chi connectivity index (χ2v) is 6.42. The lowest BCUT2D eigenvalue weighted by atomic mass is 10.0. The van der Waals surface area contributed by atoms with Gasteiger partial charge in [-0.2, -0.15) is 0 Å². The molecule has 1 heterocycles. The van der Waals surface area contributed by atoms with Crippen molar-refractivity contribution in [2.75, 3.05) is 0 Å². The molecule has 0 radical (unpaired) electrons. The first-order valence-electron chi connectivity index (χ1n) is 7.12. The number of rotatable bonds is 3. The van der Waals surface area contributed by atoms with Gasteiger partial charge in [-0.15, -0.1) is 11.3 Å². The maximum Gasteiger partial charge on any atom is 0.124 e. The third-order valence-electron chi connectivity index (χ3n) is 3.90. The van der Waals surface area contributed by atoms with Crippen LogP contribution in [0.15, 0.2) is 35.9 Å². The molecule has 0 fully saturated rings. The minimum Gasteiger partial charge on any atom is -0.271 e. The van der Waals surface area contributed by atoms with Crippen LogP contribution in [0.4, 0.5) is 4.39 Å². The number of thiophene rings is 1. The van der Waals surface area contributed by atoms with E-state index in [0.29, 0.717) is 0 Å². The van der Waals surface area contributed by atoms with Crippen molar-refractivity contribution < 1.29 is 4.39 Å². The molecule has 0 saturated carbocycles. The normalized spacial score (nSPS) is 17.8. The molecule has 0 saturated heterocycles. The predicted molar refractivity (Wildman–Crippen MR) is 83.0 cm³/mol. The Kier molecular flexibility index (Phi) is 4.15. The molecule has 2 aromatic rings. The minimum absolute atomic E-state index is 0.0635. The zero-order valence-electron chi connectivity index (χ0n) is 11.4. The quantitative estimate of drug-likeness (QED) is 0.498. The SMILES string of the molecule is NNC(C1=CCCCCC1)c1cc2ccc(F)cc2s1. The average molecular weight is 290 g/mol. The highest BCUT2D eigenvalue weighted by Crippen LogP contribution is 2.35. The van der Waals surface area contributed by atoms with Gasteiger partial charge in [0.2, 0.25) is 0 Å². The summed E-state index contributed by atoms with van der Waals surface area (Å²) >= 11 is 1.62. The van der Waals surface area contributed by atoms with Crippen LogP contribution in [0.3, 0.4) is 0 Å². The van der Waals surface area contributed by atoms with Gasteiger partial charge in [0.15, 0.2) is 0 Å². The molecule has 1 unspecified atom stereocenters. The maximum atomic E-state index is 13.3. The van der Waals surface area contributed by atoms with E-state index in [4.69, 9.17) is 5.84 Å². The lowest BCUT2D eigenvalue weighted by molar-refractivity contribution is 0.601. The molecule has 0 bridgehead atoms. The molecule has 3 N–H and O–H groups in total. The minimum atomic E-state index is -0.183. The number of fused-ring (bicyclic) bond motifs is 1. The Bertz CT molecular complexity index is 632. The van der Waals surface area contributed by atoms with E-state index in [2.05, 4.69) is 17.6 Å². The topological polar surface area (TPSA) is 38.0 Å². The van der Waals surface area contributed by atoms with E-state index in [1.807, 2.05) is 6.07 Å². The van der Waals surface area contributed by atoms with Crippen LogP contribution >= 0.6 is 11.3 Å². The highest BCUT2D eigenvalue weighted by Gasteiger charge is 2.18. The van der Waals surface area contributed by atoms with Gasteiger partial charge in [0.1, 0.15) is 5.82 Å². The number of hydrogen-bond donors (Lipinski definition) is 2. The van der Waals surface area contributed by atoms with Crippen LogP contribution in [0.2, 0.25) is 0 Å². The Morgan fingerprint density at radius 2 is 2.10 bits per heavy atom. The molecule has 1 aliphatic carbocycles. The first kappa shape index (κ1) is 13.7. The third-order valence-corrected chi connectivity index (χ3v) is 5.06. The number of nitrogens with two attached hydrogens (primary N) is 1. The van der Waals surface area contributed by atoms with Crippen LogP contribution in [0, 0.1) is 5.82 Å². The van der Waals surface area contributed by atoms with Crippen LogP contribution < -0.4 is 11.3 Å². The van der Waals surface area contributed by atoms with Crippen LogP contribution in [0.5, 0.6) is 0 Å². The number of halogens is 1. The van der Waals surface area contributed by atoms with Gasteiger partial charge in [-0.05, 0) is 49.3 Å². The second-order valence-electron chi connectivity index (χ2n) is 5.31. The molecule has 2 nitrogen and oxygen atoms in total. The summed E-state index contributed by atoms with van der Waals surface area (Å²) in [6.07, 6.45) is 8.32. The number of nitrogens with one attached hydrogen (secondary N) is 1. The third kappa shape index (κ3) is 2.77.